The summed E-state index contributed by atoms with van der Waals surface area (Å²) in [6.07, 6.45) is 1.66. The second-order valence-electron chi connectivity index (χ2n) is 3.30. The van der Waals surface area contributed by atoms with E-state index in [9.17, 15) is 4.79 Å². The molecule has 0 amide bonds. The van der Waals surface area contributed by atoms with Crippen LogP contribution in [-0.4, -0.2) is 5.78 Å². The number of aryl methyl sites for hydroxylation is 1. The first-order valence-corrected chi connectivity index (χ1v) is 4.35. The van der Waals surface area contributed by atoms with E-state index in [0.29, 0.717) is 0 Å². The summed E-state index contributed by atoms with van der Waals surface area (Å²) in [6, 6.07) is 8.16. The molecule has 1 heteroatoms. The highest BCUT2D eigenvalue weighted by molar-refractivity contribution is 5.94. The molecule has 13 heavy (non-hydrogen) atoms. The van der Waals surface area contributed by atoms with Gasteiger partial charge >= 0.3 is 0 Å². The van der Waals surface area contributed by atoms with Gasteiger partial charge in [-0.3, -0.25) is 4.79 Å². The Hall–Kier alpha value is -1.37. The topological polar surface area (TPSA) is 17.1 Å². The monoisotopic (exact) mass is 174 g/mol. The molecular formula is C12H14O. The molecule has 0 unspecified atom stereocenters. The van der Waals surface area contributed by atoms with Crippen LogP contribution in [0, 0.1) is 6.92 Å². The Labute approximate surface area is 79.1 Å². The molecule has 1 aromatic rings. The number of carbonyl (C=O) groups is 1. The Morgan fingerprint density at radius 1 is 1.15 bits per heavy atom. The van der Waals surface area contributed by atoms with Crippen molar-refractivity contribution >= 4 is 11.4 Å². The lowest BCUT2D eigenvalue weighted by atomic mass is 10.0. The van der Waals surface area contributed by atoms with Crippen molar-refractivity contribution in [3.05, 3.63) is 41.5 Å². The van der Waals surface area contributed by atoms with E-state index in [1.165, 1.54) is 5.56 Å². The van der Waals surface area contributed by atoms with Gasteiger partial charge in [-0.1, -0.05) is 29.8 Å². The van der Waals surface area contributed by atoms with E-state index < -0.39 is 0 Å². The van der Waals surface area contributed by atoms with Gasteiger partial charge in [0, 0.05) is 0 Å². The van der Waals surface area contributed by atoms with E-state index in [2.05, 4.69) is 0 Å². The number of ketones is 1. The number of hydrogen-bond acceptors (Lipinski definition) is 1. The van der Waals surface area contributed by atoms with Crippen LogP contribution < -0.4 is 0 Å². The minimum atomic E-state index is 0.0954. The molecular weight excluding hydrogens is 160 g/mol. The molecule has 0 aromatic heterocycles. The summed E-state index contributed by atoms with van der Waals surface area (Å²) in [7, 11) is 0. The standard InChI is InChI=1S/C12H14O/c1-9-4-6-12(7-5-9)10(2)8-11(3)13/h4-8H,1-3H3. The number of rotatable bonds is 2. The smallest absolute Gasteiger partial charge is 0.152 e. The molecule has 0 aliphatic rings. The summed E-state index contributed by atoms with van der Waals surface area (Å²) in [6.45, 7) is 5.57. The Kier molecular flexibility index (Phi) is 3.02. The normalized spacial score (nSPS) is 11.5. The van der Waals surface area contributed by atoms with Gasteiger partial charge in [-0.15, -0.1) is 0 Å². The van der Waals surface area contributed by atoms with E-state index in [1.807, 2.05) is 38.1 Å². The number of allylic oxidation sites excluding steroid dienone is 2. The molecule has 1 nitrogen and oxygen atoms in total. The molecule has 0 aliphatic carbocycles. The predicted molar refractivity (Wildman–Crippen MR) is 55.5 cm³/mol. The van der Waals surface area contributed by atoms with E-state index in [-0.39, 0.29) is 5.78 Å². The minimum absolute atomic E-state index is 0.0954. The molecule has 1 aromatic carbocycles. The Morgan fingerprint density at radius 2 is 1.69 bits per heavy atom. The summed E-state index contributed by atoms with van der Waals surface area (Å²) >= 11 is 0. The highest BCUT2D eigenvalue weighted by Crippen LogP contribution is 2.13. The first-order chi connectivity index (χ1) is 6.09. The fourth-order valence-corrected chi connectivity index (χ4v) is 1.20. The average molecular weight is 174 g/mol. The van der Waals surface area contributed by atoms with Gasteiger partial charge in [0.1, 0.15) is 0 Å². The van der Waals surface area contributed by atoms with Crippen LogP contribution in [0.2, 0.25) is 0 Å². The molecule has 0 radical (unpaired) electrons. The van der Waals surface area contributed by atoms with Crippen molar-refractivity contribution in [2.45, 2.75) is 20.8 Å². The zero-order chi connectivity index (χ0) is 9.84. The lowest BCUT2D eigenvalue weighted by Crippen LogP contribution is -1.86. The summed E-state index contributed by atoms with van der Waals surface area (Å²) in [5, 5.41) is 0. The third-order valence-electron chi connectivity index (χ3n) is 1.93. The van der Waals surface area contributed by atoms with E-state index in [1.54, 1.807) is 13.0 Å². The van der Waals surface area contributed by atoms with E-state index in [4.69, 9.17) is 0 Å². The van der Waals surface area contributed by atoms with E-state index >= 15 is 0 Å². The molecule has 0 atom stereocenters. The minimum Gasteiger partial charge on any atom is -0.295 e. The van der Waals surface area contributed by atoms with Crippen LogP contribution in [0.1, 0.15) is 25.0 Å². The summed E-state index contributed by atoms with van der Waals surface area (Å²) in [5.41, 5.74) is 3.37. The van der Waals surface area contributed by atoms with Crippen LogP contribution in [0.4, 0.5) is 0 Å². The number of benzene rings is 1. The maximum absolute atomic E-state index is 10.8. The van der Waals surface area contributed by atoms with Crippen LogP contribution >= 0.6 is 0 Å². The molecule has 0 heterocycles. The second kappa shape index (κ2) is 4.04. The average Bonchev–Trinajstić information content (AvgIpc) is 2.04. The van der Waals surface area contributed by atoms with Crippen molar-refractivity contribution in [3.8, 4) is 0 Å². The van der Waals surface area contributed by atoms with Crippen molar-refractivity contribution in [3.63, 3.8) is 0 Å². The molecule has 0 spiro atoms. The van der Waals surface area contributed by atoms with Gasteiger partial charge in [0.2, 0.25) is 0 Å². The third kappa shape index (κ3) is 2.86. The van der Waals surface area contributed by atoms with Crippen molar-refractivity contribution in [1.82, 2.24) is 0 Å². The fraction of sp³-hybridized carbons (Fsp3) is 0.250. The summed E-state index contributed by atoms with van der Waals surface area (Å²) in [4.78, 5) is 10.8. The van der Waals surface area contributed by atoms with Crippen LogP contribution in [0.3, 0.4) is 0 Å². The zero-order valence-corrected chi connectivity index (χ0v) is 8.29. The second-order valence-corrected chi connectivity index (χ2v) is 3.30. The van der Waals surface area contributed by atoms with Crippen molar-refractivity contribution in [2.75, 3.05) is 0 Å². The molecule has 0 saturated heterocycles. The largest absolute Gasteiger partial charge is 0.295 e. The Balaban J connectivity index is 2.96. The Bertz CT molecular complexity index is 331. The van der Waals surface area contributed by atoms with E-state index in [0.717, 1.165) is 11.1 Å². The maximum Gasteiger partial charge on any atom is 0.152 e. The molecule has 0 bridgehead atoms. The zero-order valence-electron chi connectivity index (χ0n) is 8.29. The third-order valence-corrected chi connectivity index (χ3v) is 1.93. The fourth-order valence-electron chi connectivity index (χ4n) is 1.20. The molecule has 0 aliphatic heterocycles. The Morgan fingerprint density at radius 3 is 2.15 bits per heavy atom. The van der Waals surface area contributed by atoms with Gasteiger partial charge in [0.05, 0.1) is 0 Å². The van der Waals surface area contributed by atoms with Crippen LogP contribution in [0.25, 0.3) is 5.57 Å². The van der Waals surface area contributed by atoms with Gasteiger partial charge in [-0.25, -0.2) is 0 Å². The van der Waals surface area contributed by atoms with Crippen molar-refractivity contribution in [1.29, 1.82) is 0 Å². The van der Waals surface area contributed by atoms with Crippen molar-refractivity contribution in [2.24, 2.45) is 0 Å². The highest BCUT2D eigenvalue weighted by Gasteiger charge is 1.95. The van der Waals surface area contributed by atoms with Gasteiger partial charge in [-0.05, 0) is 38.0 Å². The SMILES string of the molecule is CC(=O)C=C(C)c1ccc(C)cc1. The maximum atomic E-state index is 10.8. The van der Waals surface area contributed by atoms with Crippen LogP contribution in [0.5, 0.6) is 0 Å². The summed E-state index contributed by atoms with van der Waals surface area (Å²) < 4.78 is 0. The van der Waals surface area contributed by atoms with Gasteiger partial charge < -0.3 is 0 Å². The van der Waals surface area contributed by atoms with Gasteiger partial charge in [0.25, 0.3) is 0 Å². The highest BCUT2D eigenvalue weighted by atomic mass is 16.1. The molecule has 0 N–H and O–H groups in total. The first kappa shape index (κ1) is 9.72. The molecule has 1 rings (SSSR count). The lowest BCUT2D eigenvalue weighted by molar-refractivity contribution is -0.112. The number of hydrogen-bond donors (Lipinski definition) is 0. The number of carbonyl (C=O) groups excluding carboxylic acids is 1. The lowest BCUT2D eigenvalue weighted by Gasteiger charge is -2.00. The molecule has 0 saturated carbocycles. The van der Waals surface area contributed by atoms with Crippen LogP contribution in [0.15, 0.2) is 30.3 Å². The predicted octanol–water partition coefficient (Wildman–Crippen LogP) is 2.99. The molecule has 68 valence electrons. The quantitative estimate of drug-likeness (QED) is 0.630. The van der Waals surface area contributed by atoms with Crippen molar-refractivity contribution < 1.29 is 4.79 Å². The van der Waals surface area contributed by atoms with Gasteiger partial charge in [-0.2, -0.15) is 0 Å². The van der Waals surface area contributed by atoms with Gasteiger partial charge in [0.15, 0.2) is 5.78 Å². The molecule has 0 fully saturated rings. The summed E-state index contributed by atoms with van der Waals surface area (Å²) in [5.74, 6) is 0.0954. The van der Waals surface area contributed by atoms with Crippen LogP contribution in [-0.2, 0) is 4.79 Å². The first-order valence-electron chi connectivity index (χ1n) is 4.35.